The fourth-order valence-corrected chi connectivity index (χ4v) is 5.97. The highest BCUT2D eigenvalue weighted by Gasteiger charge is 2.27. The van der Waals surface area contributed by atoms with Gasteiger partial charge in [-0.05, 0) is 60.9 Å². The minimum atomic E-state index is -0.141. The van der Waals surface area contributed by atoms with Crippen LogP contribution < -0.4 is 10.6 Å². The largest absolute Gasteiger partial charge is 0.322 e. The van der Waals surface area contributed by atoms with Gasteiger partial charge in [0, 0.05) is 23.7 Å². The quantitative estimate of drug-likeness (QED) is 0.589. The number of nitrogens with zero attached hydrogens (tertiary/aromatic N) is 1. The predicted octanol–water partition coefficient (Wildman–Crippen LogP) is 4.88. The zero-order valence-electron chi connectivity index (χ0n) is 18.0. The molecule has 0 spiro atoms. The van der Waals surface area contributed by atoms with E-state index in [1.54, 1.807) is 11.3 Å². The molecule has 2 N–H and O–H groups in total. The Morgan fingerprint density at radius 3 is 2.47 bits per heavy atom. The highest BCUT2D eigenvalue weighted by Crippen LogP contribution is 2.38. The molecule has 2 heterocycles. The number of aryl methyl sites for hydroxylation is 1. The number of anilines is 2. The molecule has 5 rings (SSSR count). The van der Waals surface area contributed by atoms with Crippen molar-refractivity contribution in [3.05, 3.63) is 81.7 Å². The summed E-state index contributed by atoms with van der Waals surface area (Å²) in [6.07, 6.45) is 5.04. The highest BCUT2D eigenvalue weighted by molar-refractivity contribution is 7.17. The van der Waals surface area contributed by atoms with E-state index in [1.165, 1.54) is 16.0 Å². The highest BCUT2D eigenvalue weighted by atomic mass is 32.1. The zero-order valence-corrected chi connectivity index (χ0v) is 18.8. The van der Waals surface area contributed by atoms with Crippen molar-refractivity contribution in [2.75, 3.05) is 23.7 Å². The third-order valence-corrected chi connectivity index (χ3v) is 7.47. The van der Waals surface area contributed by atoms with Gasteiger partial charge in [0.2, 0.25) is 5.91 Å². The van der Waals surface area contributed by atoms with Crippen LogP contribution in [0.3, 0.4) is 0 Å². The molecule has 0 radical (unpaired) electrons. The Morgan fingerprint density at radius 2 is 1.62 bits per heavy atom. The number of carbonyl (C=O) groups is 2. The summed E-state index contributed by atoms with van der Waals surface area (Å²) in [5.74, 6) is -0.200. The van der Waals surface area contributed by atoms with Gasteiger partial charge in [-0.3, -0.25) is 14.5 Å². The number of benzene rings is 2. The molecule has 3 aromatic rings. The van der Waals surface area contributed by atoms with E-state index in [9.17, 15) is 9.59 Å². The van der Waals surface area contributed by atoms with E-state index >= 15 is 0 Å². The molecule has 1 aliphatic carbocycles. The summed E-state index contributed by atoms with van der Waals surface area (Å²) in [5, 5.41) is 6.78. The Kier molecular flexibility index (Phi) is 6.06. The molecule has 2 aromatic carbocycles. The number of para-hydroxylation sites is 1. The van der Waals surface area contributed by atoms with Gasteiger partial charge >= 0.3 is 0 Å². The van der Waals surface area contributed by atoms with Gasteiger partial charge in [0.15, 0.2) is 0 Å². The molecule has 2 aliphatic rings. The third-order valence-electron chi connectivity index (χ3n) is 6.26. The lowest BCUT2D eigenvalue weighted by atomic mass is 9.95. The van der Waals surface area contributed by atoms with Gasteiger partial charge < -0.3 is 10.6 Å². The second kappa shape index (κ2) is 9.27. The van der Waals surface area contributed by atoms with Gasteiger partial charge in [-0.1, -0.05) is 42.5 Å². The molecule has 0 bridgehead atoms. The molecule has 0 fully saturated rings. The van der Waals surface area contributed by atoms with Crippen LogP contribution in [0.4, 0.5) is 10.7 Å². The molecule has 0 atom stereocenters. The molecule has 0 unspecified atom stereocenters. The topological polar surface area (TPSA) is 61.4 Å². The lowest BCUT2D eigenvalue weighted by Gasteiger charge is -2.28. The van der Waals surface area contributed by atoms with Crippen molar-refractivity contribution in [2.45, 2.75) is 38.6 Å². The summed E-state index contributed by atoms with van der Waals surface area (Å²) < 4.78 is 0. The van der Waals surface area contributed by atoms with Crippen molar-refractivity contribution in [3.8, 4) is 0 Å². The molecule has 6 heteroatoms. The standard InChI is InChI=1S/C26H27N3O2S/c30-23(17-29-15-14-18-8-4-5-9-19(18)16-29)28-26-24(21-12-6-7-13-22(21)32-26)25(31)27-20-10-2-1-3-11-20/h1-5,8-11H,6-7,12-17H2,(H,27,31)(H,28,30). The minimum Gasteiger partial charge on any atom is -0.322 e. The lowest BCUT2D eigenvalue weighted by Crippen LogP contribution is -2.37. The smallest absolute Gasteiger partial charge is 0.258 e. The third kappa shape index (κ3) is 4.47. The predicted molar refractivity (Wildman–Crippen MR) is 129 cm³/mol. The zero-order chi connectivity index (χ0) is 21.9. The number of nitrogens with one attached hydrogen (secondary N) is 2. The number of rotatable bonds is 5. The first-order valence-corrected chi connectivity index (χ1v) is 12.1. The van der Waals surface area contributed by atoms with Crippen LogP contribution in [-0.2, 0) is 30.6 Å². The van der Waals surface area contributed by atoms with Crippen LogP contribution in [-0.4, -0.2) is 29.8 Å². The Morgan fingerprint density at radius 1 is 0.875 bits per heavy atom. The first-order valence-electron chi connectivity index (χ1n) is 11.3. The SMILES string of the molecule is O=C(CN1CCc2ccccc2C1)Nc1sc2c(c1C(=O)Nc1ccccc1)CCCC2. The molecule has 2 amide bonds. The second-order valence-corrected chi connectivity index (χ2v) is 9.62. The Hall–Kier alpha value is -2.96. The van der Waals surface area contributed by atoms with E-state index < -0.39 is 0 Å². The average molecular weight is 446 g/mol. The molecule has 32 heavy (non-hydrogen) atoms. The summed E-state index contributed by atoms with van der Waals surface area (Å²) in [6.45, 7) is 1.98. The Balaban J connectivity index is 1.32. The summed E-state index contributed by atoms with van der Waals surface area (Å²) in [6, 6.07) is 17.9. The number of carbonyl (C=O) groups excluding carboxylic acids is 2. The van der Waals surface area contributed by atoms with Crippen molar-refractivity contribution in [3.63, 3.8) is 0 Å². The van der Waals surface area contributed by atoms with Crippen LogP contribution >= 0.6 is 11.3 Å². The summed E-state index contributed by atoms with van der Waals surface area (Å²) in [5.41, 5.74) is 5.18. The van der Waals surface area contributed by atoms with Crippen LogP contribution in [0.25, 0.3) is 0 Å². The van der Waals surface area contributed by atoms with Crippen LogP contribution in [0.5, 0.6) is 0 Å². The van der Waals surface area contributed by atoms with Crippen molar-refractivity contribution in [2.24, 2.45) is 0 Å². The summed E-state index contributed by atoms with van der Waals surface area (Å²) in [4.78, 5) is 29.6. The van der Waals surface area contributed by atoms with Crippen molar-refractivity contribution < 1.29 is 9.59 Å². The number of thiophene rings is 1. The summed E-state index contributed by atoms with van der Waals surface area (Å²) >= 11 is 1.57. The number of fused-ring (bicyclic) bond motifs is 2. The van der Waals surface area contributed by atoms with Crippen LogP contribution in [0.1, 0.15) is 44.8 Å². The molecular formula is C26H27N3O2S. The Bertz CT molecular complexity index is 1140. The maximum absolute atomic E-state index is 13.2. The van der Waals surface area contributed by atoms with Gasteiger partial charge in [0.05, 0.1) is 12.1 Å². The molecule has 1 aromatic heterocycles. The van der Waals surface area contributed by atoms with Crippen LogP contribution in [0.2, 0.25) is 0 Å². The van der Waals surface area contributed by atoms with Gasteiger partial charge in [0.1, 0.15) is 5.00 Å². The normalized spacial score (nSPS) is 15.5. The van der Waals surface area contributed by atoms with Gasteiger partial charge in [-0.2, -0.15) is 0 Å². The maximum atomic E-state index is 13.2. The monoisotopic (exact) mass is 445 g/mol. The lowest BCUT2D eigenvalue weighted by molar-refractivity contribution is -0.117. The van der Waals surface area contributed by atoms with Crippen molar-refractivity contribution in [1.29, 1.82) is 0 Å². The van der Waals surface area contributed by atoms with E-state index in [-0.39, 0.29) is 11.8 Å². The van der Waals surface area contributed by atoms with E-state index in [1.807, 2.05) is 30.3 Å². The molecule has 1 aliphatic heterocycles. The molecular weight excluding hydrogens is 418 g/mol. The number of hydrogen-bond acceptors (Lipinski definition) is 4. The van der Waals surface area contributed by atoms with Crippen LogP contribution in [0.15, 0.2) is 54.6 Å². The van der Waals surface area contributed by atoms with Crippen LogP contribution in [0, 0.1) is 0 Å². The summed E-state index contributed by atoms with van der Waals surface area (Å²) in [7, 11) is 0. The van der Waals surface area contributed by atoms with Gasteiger partial charge in [-0.15, -0.1) is 11.3 Å². The fraction of sp³-hybridized carbons (Fsp3) is 0.308. The van der Waals surface area contributed by atoms with Crippen molar-refractivity contribution in [1.82, 2.24) is 4.90 Å². The average Bonchev–Trinajstić information content (AvgIpc) is 3.17. The molecule has 0 saturated heterocycles. The first-order chi connectivity index (χ1) is 15.7. The maximum Gasteiger partial charge on any atom is 0.258 e. The Labute approximate surface area is 192 Å². The molecule has 164 valence electrons. The van der Waals surface area contributed by atoms with Gasteiger partial charge in [0.25, 0.3) is 5.91 Å². The number of amides is 2. The second-order valence-electron chi connectivity index (χ2n) is 8.51. The van der Waals surface area contributed by atoms with Crippen molar-refractivity contribution >= 4 is 33.8 Å². The fourth-order valence-electron chi connectivity index (χ4n) is 4.67. The van der Waals surface area contributed by atoms with E-state index in [4.69, 9.17) is 0 Å². The molecule has 5 nitrogen and oxygen atoms in total. The van der Waals surface area contributed by atoms with E-state index in [2.05, 4.69) is 39.8 Å². The minimum absolute atomic E-state index is 0.0586. The molecule has 0 saturated carbocycles. The van der Waals surface area contributed by atoms with Gasteiger partial charge in [-0.25, -0.2) is 0 Å². The number of hydrogen-bond donors (Lipinski definition) is 2. The van der Waals surface area contributed by atoms with E-state index in [0.29, 0.717) is 17.1 Å². The first kappa shape index (κ1) is 20.9. The van der Waals surface area contributed by atoms with E-state index in [0.717, 1.165) is 56.4 Å².